The van der Waals surface area contributed by atoms with Crippen LogP contribution in [-0.4, -0.2) is 28.2 Å². The molecular formula is C48H46N4. The van der Waals surface area contributed by atoms with Crippen LogP contribution in [0.1, 0.15) is 44.5 Å². The summed E-state index contributed by atoms with van der Waals surface area (Å²) >= 11 is 0. The summed E-state index contributed by atoms with van der Waals surface area (Å²) in [5.41, 5.74) is 11.1. The van der Waals surface area contributed by atoms with Crippen molar-refractivity contribution in [1.82, 2.24) is 0 Å². The van der Waals surface area contributed by atoms with Gasteiger partial charge < -0.3 is 21.3 Å². The smallest absolute Gasteiger partial charge is 0.107 e. The van der Waals surface area contributed by atoms with E-state index in [1.54, 1.807) is 0 Å². The van der Waals surface area contributed by atoms with E-state index in [1.807, 2.05) is 28.2 Å². The molecule has 0 aliphatic rings. The number of hydrogen-bond donors (Lipinski definition) is 4. The zero-order valence-electron chi connectivity index (χ0n) is 30.9. The van der Waals surface area contributed by atoms with Gasteiger partial charge in [0.05, 0.1) is 0 Å². The summed E-state index contributed by atoms with van der Waals surface area (Å²) in [7, 11) is 7.79. The van der Waals surface area contributed by atoms with E-state index in [2.05, 4.69) is 204 Å². The van der Waals surface area contributed by atoms with E-state index >= 15 is 0 Å². The minimum atomic E-state index is -0.829. The lowest BCUT2D eigenvalue weighted by molar-refractivity contribution is 0.806. The maximum absolute atomic E-state index is 3.79. The Balaban J connectivity index is 1.70. The number of benzene rings is 6. The molecule has 0 spiro atoms. The van der Waals surface area contributed by atoms with Crippen LogP contribution in [0.3, 0.4) is 0 Å². The third kappa shape index (κ3) is 6.98. The van der Waals surface area contributed by atoms with Gasteiger partial charge in [-0.3, -0.25) is 0 Å². The van der Waals surface area contributed by atoms with Crippen LogP contribution >= 0.6 is 0 Å². The van der Waals surface area contributed by atoms with Crippen LogP contribution < -0.4 is 21.3 Å². The molecule has 6 rings (SSSR count). The third-order valence-corrected chi connectivity index (χ3v) is 9.80. The number of rotatable bonds is 10. The van der Waals surface area contributed by atoms with E-state index < -0.39 is 10.8 Å². The molecular weight excluding hydrogens is 633 g/mol. The minimum Gasteiger partial charge on any atom is -0.388 e. The average molecular weight is 679 g/mol. The second-order valence-electron chi connectivity index (χ2n) is 13.1. The van der Waals surface area contributed by atoms with Gasteiger partial charge in [0, 0.05) is 50.9 Å². The molecule has 4 nitrogen and oxygen atoms in total. The van der Waals surface area contributed by atoms with Crippen LogP contribution in [0.2, 0.25) is 0 Å². The summed E-state index contributed by atoms with van der Waals surface area (Å²) in [6.07, 6.45) is 0. The molecule has 0 saturated carbocycles. The van der Waals surface area contributed by atoms with Gasteiger partial charge in [-0.2, -0.15) is 0 Å². The summed E-state index contributed by atoms with van der Waals surface area (Å²) < 4.78 is 0. The van der Waals surface area contributed by atoms with Crippen molar-refractivity contribution in [3.05, 3.63) is 190 Å². The summed E-state index contributed by atoms with van der Waals surface area (Å²) in [5, 5.41) is 13.4. The highest BCUT2D eigenvalue weighted by atomic mass is 14.8. The van der Waals surface area contributed by atoms with E-state index in [1.165, 1.54) is 0 Å². The topological polar surface area (TPSA) is 48.1 Å². The number of hydrogen-bond acceptors (Lipinski definition) is 4. The Morgan fingerprint density at radius 2 is 0.596 bits per heavy atom. The maximum Gasteiger partial charge on any atom is 0.107 e. The second kappa shape index (κ2) is 15.7. The Kier molecular flexibility index (Phi) is 10.7. The van der Waals surface area contributed by atoms with Crippen molar-refractivity contribution < 1.29 is 0 Å². The van der Waals surface area contributed by atoms with Crippen LogP contribution in [0.15, 0.2) is 146 Å². The molecule has 0 heterocycles. The number of anilines is 4. The van der Waals surface area contributed by atoms with Gasteiger partial charge in [-0.05, 0) is 108 Å². The first-order chi connectivity index (χ1) is 25.4. The second-order valence-corrected chi connectivity index (χ2v) is 13.1. The Morgan fingerprint density at radius 1 is 0.346 bits per heavy atom. The Bertz CT molecular complexity index is 2050. The van der Waals surface area contributed by atoms with Crippen LogP contribution in [0.5, 0.6) is 0 Å². The van der Waals surface area contributed by atoms with Crippen molar-refractivity contribution in [2.75, 3.05) is 49.5 Å². The molecule has 0 aliphatic heterocycles. The van der Waals surface area contributed by atoms with E-state index in [-0.39, 0.29) is 0 Å². The van der Waals surface area contributed by atoms with Crippen molar-refractivity contribution in [2.45, 2.75) is 24.7 Å². The highest BCUT2D eigenvalue weighted by Crippen LogP contribution is 2.42. The quantitative estimate of drug-likeness (QED) is 0.0861. The highest BCUT2D eigenvalue weighted by molar-refractivity contribution is 5.67. The fraction of sp³-hybridized carbons (Fsp3) is 0.167. The van der Waals surface area contributed by atoms with Crippen LogP contribution in [0.25, 0.3) is 0 Å². The molecule has 4 heteroatoms. The van der Waals surface area contributed by atoms with Crippen molar-refractivity contribution in [3.63, 3.8) is 0 Å². The lowest BCUT2D eigenvalue weighted by atomic mass is 9.69. The van der Waals surface area contributed by atoms with Crippen molar-refractivity contribution in [2.24, 2.45) is 0 Å². The highest BCUT2D eigenvalue weighted by Gasteiger charge is 2.37. The molecule has 0 aliphatic carbocycles. The molecule has 52 heavy (non-hydrogen) atoms. The number of aryl methyl sites for hydroxylation is 2. The summed E-state index contributed by atoms with van der Waals surface area (Å²) in [6, 6.07) is 51.5. The molecule has 4 N–H and O–H groups in total. The zero-order chi connectivity index (χ0) is 36.6. The average Bonchev–Trinajstić information content (AvgIpc) is 3.19. The third-order valence-electron chi connectivity index (χ3n) is 9.80. The fourth-order valence-corrected chi connectivity index (χ4v) is 7.07. The van der Waals surface area contributed by atoms with E-state index in [9.17, 15) is 0 Å². The standard InChI is InChI=1S/C48H46N4/c1-35-15-9-17-37(29-35)47(39-19-11-23-43(31-39)49-3,40-20-12-24-44(32-40)50-4)27-7-8-28-48(38-18-10-16-36(2)30-38,41-21-13-25-45(33-41)51-5)42-22-14-26-46(34-42)52-6/h9-26,29-34,49-52H,1-6H3. The SMILES string of the molecule is CNc1cccc(C(C#CC#CC(c2cccc(C)c2)(c2cccc(NC)c2)c2cccc(NC)c2)(c2cccc(C)c2)c2cccc(NC)c2)c1. The van der Waals surface area contributed by atoms with E-state index in [0.29, 0.717) is 0 Å². The maximum atomic E-state index is 3.79. The molecule has 0 saturated heterocycles. The predicted octanol–water partition coefficient (Wildman–Crippen LogP) is 9.85. The molecule has 6 aromatic carbocycles. The number of nitrogens with one attached hydrogen (secondary N) is 4. The van der Waals surface area contributed by atoms with E-state index in [4.69, 9.17) is 0 Å². The first kappa shape index (κ1) is 35.5. The van der Waals surface area contributed by atoms with Gasteiger partial charge in [-0.25, -0.2) is 0 Å². The largest absolute Gasteiger partial charge is 0.388 e. The molecule has 0 unspecified atom stereocenters. The summed E-state index contributed by atoms with van der Waals surface area (Å²) in [5.74, 6) is 14.5. The van der Waals surface area contributed by atoms with Gasteiger partial charge in [0.2, 0.25) is 0 Å². The van der Waals surface area contributed by atoms with E-state index in [0.717, 1.165) is 67.3 Å². The first-order valence-electron chi connectivity index (χ1n) is 17.7. The molecule has 0 bridgehead atoms. The Hall–Kier alpha value is -6.36. The predicted molar refractivity (Wildman–Crippen MR) is 222 cm³/mol. The molecule has 6 aromatic rings. The monoisotopic (exact) mass is 678 g/mol. The van der Waals surface area contributed by atoms with Gasteiger partial charge in [0.15, 0.2) is 0 Å². The van der Waals surface area contributed by atoms with Gasteiger partial charge in [-0.15, -0.1) is 0 Å². The van der Waals surface area contributed by atoms with Gasteiger partial charge >= 0.3 is 0 Å². The summed E-state index contributed by atoms with van der Waals surface area (Å²) in [6.45, 7) is 4.26. The fourth-order valence-electron chi connectivity index (χ4n) is 7.07. The lowest BCUT2D eigenvalue weighted by Crippen LogP contribution is -2.28. The Labute approximate surface area is 309 Å². The molecule has 0 aromatic heterocycles. The van der Waals surface area contributed by atoms with Crippen molar-refractivity contribution in [3.8, 4) is 23.7 Å². The molecule has 0 atom stereocenters. The van der Waals surface area contributed by atoms with Crippen LogP contribution in [0, 0.1) is 37.5 Å². The molecule has 258 valence electrons. The molecule has 0 fully saturated rings. The first-order valence-corrected chi connectivity index (χ1v) is 17.7. The summed E-state index contributed by atoms with van der Waals surface area (Å²) in [4.78, 5) is 0. The van der Waals surface area contributed by atoms with Gasteiger partial charge in [-0.1, -0.05) is 120 Å². The van der Waals surface area contributed by atoms with Crippen LogP contribution in [0.4, 0.5) is 22.7 Å². The Morgan fingerprint density at radius 3 is 0.846 bits per heavy atom. The molecule has 0 amide bonds. The lowest BCUT2D eigenvalue weighted by Gasteiger charge is -2.32. The minimum absolute atomic E-state index is 0.829. The van der Waals surface area contributed by atoms with Crippen molar-refractivity contribution in [1.29, 1.82) is 0 Å². The van der Waals surface area contributed by atoms with Gasteiger partial charge in [0.25, 0.3) is 0 Å². The van der Waals surface area contributed by atoms with Crippen molar-refractivity contribution >= 4 is 22.7 Å². The normalized spacial score (nSPS) is 11.0. The van der Waals surface area contributed by atoms with Gasteiger partial charge in [0.1, 0.15) is 10.8 Å². The zero-order valence-corrected chi connectivity index (χ0v) is 30.9. The van der Waals surface area contributed by atoms with Crippen LogP contribution in [-0.2, 0) is 10.8 Å². The molecule has 0 radical (unpaired) electrons.